The fourth-order valence-electron chi connectivity index (χ4n) is 2.78. The van der Waals surface area contributed by atoms with E-state index in [0.717, 1.165) is 34.2 Å². The largest absolute Gasteiger partial charge is 0.422 e. The number of rotatable bonds is 3. The molecule has 1 aromatic heterocycles. The van der Waals surface area contributed by atoms with Crippen LogP contribution in [0.15, 0.2) is 51.7 Å². The van der Waals surface area contributed by atoms with Gasteiger partial charge in [0.15, 0.2) is 0 Å². The summed E-state index contributed by atoms with van der Waals surface area (Å²) < 4.78 is 5.28. The lowest BCUT2D eigenvalue weighted by Gasteiger charge is -2.12. The average molecular weight is 321 g/mol. The summed E-state index contributed by atoms with van der Waals surface area (Å²) in [6, 6.07) is 12.9. The van der Waals surface area contributed by atoms with Crippen molar-refractivity contribution in [1.29, 1.82) is 0 Å². The highest BCUT2D eigenvalue weighted by Crippen LogP contribution is 2.22. The van der Waals surface area contributed by atoms with E-state index < -0.39 is 11.5 Å². The van der Waals surface area contributed by atoms with Crippen LogP contribution in [0.3, 0.4) is 0 Å². The van der Waals surface area contributed by atoms with Gasteiger partial charge in [-0.1, -0.05) is 36.8 Å². The number of fused-ring (bicyclic) bond motifs is 1. The van der Waals surface area contributed by atoms with Gasteiger partial charge in [0.1, 0.15) is 11.1 Å². The number of hydrogen-bond acceptors (Lipinski definition) is 3. The molecule has 24 heavy (non-hydrogen) atoms. The Morgan fingerprint density at radius 3 is 2.67 bits per heavy atom. The minimum absolute atomic E-state index is 0.0124. The Balaban J connectivity index is 2.03. The van der Waals surface area contributed by atoms with Crippen LogP contribution in [-0.2, 0) is 6.42 Å². The number of aryl methyl sites for hydroxylation is 3. The van der Waals surface area contributed by atoms with Gasteiger partial charge in [0.05, 0.1) is 0 Å². The minimum Gasteiger partial charge on any atom is -0.422 e. The van der Waals surface area contributed by atoms with Gasteiger partial charge >= 0.3 is 5.63 Å². The van der Waals surface area contributed by atoms with E-state index in [1.807, 2.05) is 51.1 Å². The van der Waals surface area contributed by atoms with Crippen LogP contribution in [-0.4, -0.2) is 5.91 Å². The van der Waals surface area contributed by atoms with E-state index in [1.54, 1.807) is 12.1 Å². The maximum Gasteiger partial charge on any atom is 0.349 e. The summed E-state index contributed by atoms with van der Waals surface area (Å²) >= 11 is 0. The molecule has 2 aromatic carbocycles. The van der Waals surface area contributed by atoms with Crippen molar-refractivity contribution in [3.05, 3.63) is 75.1 Å². The first kappa shape index (κ1) is 16.0. The molecule has 0 spiro atoms. The Hall–Kier alpha value is -2.88. The second-order valence-electron chi connectivity index (χ2n) is 5.91. The van der Waals surface area contributed by atoms with Crippen LogP contribution in [0.1, 0.15) is 34.0 Å². The minimum atomic E-state index is -0.629. The van der Waals surface area contributed by atoms with Gasteiger partial charge in [0.2, 0.25) is 0 Å². The highest BCUT2D eigenvalue weighted by Gasteiger charge is 2.16. The zero-order valence-electron chi connectivity index (χ0n) is 14.0. The first-order valence-electron chi connectivity index (χ1n) is 7.94. The van der Waals surface area contributed by atoms with Crippen molar-refractivity contribution >= 4 is 22.6 Å². The van der Waals surface area contributed by atoms with E-state index in [9.17, 15) is 9.59 Å². The number of carbonyl (C=O) groups is 1. The van der Waals surface area contributed by atoms with Crippen LogP contribution in [0, 0.1) is 13.8 Å². The Kier molecular flexibility index (Phi) is 4.21. The zero-order valence-corrected chi connectivity index (χ0v) is 14.0. The van der Waals surface area contributed by atoms with Crippen LogP contribution < -0.4 is 10.9 Å². The standard InChI is InChI=1S/C20H19NO3/c1-4-14-7-5-6-13(3)18(14)21-19(22)16-11-15-10-12(2)8-9-17(15)24-20(16)23/h5-11H,4H2,1-3H3,(H,21,22). The third kappa shape index (κ3) is 2.95. The molecule has 0 saturated heterocycles. The number of anilines is 1. The Morgan fingerprint density at radius 2 is 1.92 bits per heavy atom. The number of benzene rings is 2. The molecule has 0 unspecified atom stereocenters. The summed E-state index contributed by atoms with van der Waals surface area (Å²) in [6.45, 7) is 5.91. The molecule has 0 fully saturated rings. The molecule has 0 aliphatic rings. The summed E-state index contributed by atoms with van der Waals surface area (Å²) in [5, 5.41) is 3.60. The van der Waals surface area contributed by atoms with Gasteiger partial charge in [-0.25, -0.2) is 4.79 Å². The maximum atomic E-state index is 12.6. The Labute approximate surface area is 140 Å². The fourth-order valence-corrected chi connectivity index (χ4v) is 2.78. The summed E-state index contributed by atoms with van der Waals surface area (Å²) in [5.41, 5.74) is 3.65. The molecule has 1 N–H and O–H groups in total. The van der Waals surface area contributed by atoms with Crippen LogP contribution >= 0.6 is 0 Å². The molecule has 4 heteroatoms. The van der Waals surface area contributed by atoms with Gasteiger partial charge in [0.25, 0.3) is 5.91 Å². The molecule has 1 heterocycles. The first-order chi connectivity index (χ1) is 11.5. The van der Waals surface area contributed by atoms with E-state index in [-0.39, 0.29) is 5.56 Å². The molecular weight excluding hydrogens is 302 g/mol. The van der Waals surface area contributed by atoms with Crippen molar-refractivity contribution in [1.82, 2.24) is 0 Å². The maximum absolute atomic E-state index is 12.6. The van der Waals surface area contributed by atoms with E-state index >= 15 is 0 Å². The summed E-state index contributed by atoms with van der Waals surface area (Å²) in [6.07, 6.45) is 0.794. The predicted molar refractivity (Wildman–Crippen MR) is 95.7 cm³/mol. The van der Waals surface area contributed by atoms with Crippen LogP contribution in [0.2, 0.25) is 0 Å². The predicted octanol–water partition coefficient (Wildman–Crippen LogP) is 4.22. The lowest BCUT2D eigenvalue weighted by Crippen LogP contribution is -2.21. The topological polar surface area (TPSA) is 59.3 Å². The third-order valence-electron chi connectivity index (χ3n) is 4.11. The molecule has 122 valence electrons. The fraction of sp³-hybridized carbons (Fsp3) is 0.200. The van der Waals surface area contributed by atoms with Crippen molar-refractivity contribution < 1.29 is 9.21 Å². The number of nitrogens with one attached hydrogen (secondary N) is 1. The molecule has 0 bridgehead atoms. The quantitative estimate of drug-likeness (QED) is 0.735. The lowest BCUT2D eigenvalue weighted by molar-refractivity contribution is 0.102. The average Bonchev–Trinajstić information content (AvgIpc) is 2.56. The number of carbonyl (C=O) groups excluding carboxylic acids is 1. The monoisotopic (exact) mass is 321 g/mol. The molecule has 0 saturated carbocycles. The molecule has 0 radical (unpaired) electrons. The lowest BCUT2D eigenvalue weighted by atomic mass is 10.1. The SMILES string of the molecule is CCc1cccc(C)c1NC(=O)c1cc2cc(C)ccc2oc1=O. The molecule has 0 aliphatic carbocycles. The second-order valence-corrected chi connectivity index (χ2v) is 5.91. The molecule has 4 nitrogen and oxygen atoms in total. The van der Waals surface area contributed by atoms with Crippen LogP contribution in [0.5, 0.6) is 0 Å². The van der Waals surface area contributed by atoms with Crippen LogP contribution in [0.4, 0.5) is 5.69 Å². The summed E-state index contributed by atoms with van der Waals surface area (Å²) in [7, 11) is 0. The highest BCUT2D eigenvalue weighted by atomic mass is 16.4. The molecule has 0 atom stereocenters. The number of amides is 1. The first-order valence-corrected chi connectivity index (χ1v) is 7.94. The van der Waals surface area contributed by atoms with E-state index in [4.69, 9.17) is 4.42 Å². The molecule has 3 rings (SSSR count). The van der Waals surface area contributed by atoms with Gasteiger partial charge in [-0.15, -0.1) is 0 Å². The molecule has 1 amide bonds. The van der Waals surface area contributed by atoms with Crippen molar-refractivity contribution in [2.75, 3.05) is 5.32 Å². The van der Waals surface area contributed by atoms with Crippen LogP contribution in [0.25, 0.3) is 11.0 Å². The van der Waals surface area contributed by atoms with Gasteiger partial charge in [0, 0.05) is 11.1 Å². The summed E-state index contributed by atoms with van der Waals surface area (Å²) in [5.74, 6) is -0.448. The second kappa shape index (κ2) is 6.32. The smallest absolute Gasteiger partial charge is 0.349 e. The molecular formula is C20H19NO3. The van der Waals surface area contributed by atoms with E-state index in [1.165, 1.54) is 0 Å². The molecule has 0 aliphatic heterocycles. The van der Waals surface area contributed by atoms with Crippen molar-refractivity contribution in [3.8, 4) is 0 Å². The summed E-state index contributed by atoms with van der Waals surface area (Å²) in [4.78, 5) is 24.8. The van der Waals surface area contributed by atoms with Gasteiger partial charge in [-0.3, -0.25) is 4.79 Å². The van der Waals surface area contributed by atoms with Crippen molar-refractivity contribution in [2.45, 2.75) is 27.2 Å². The number of hydrogen-bond donors (Lipinski definition) is 1. The molecule has 3 aromatic rings. The van der Waals surface area contributed by atoms with E-state index in [0.29, 0.717) is 5.58 Å². The normalized spacial score (nSPS) is 10.8. The Morgan fingerprint density at radius 1 is 1.12 bits per heavy atom. The van der Waals surface area contributed by atoms with Gasteiger partial charge in [-0.05, 0) is 49.6 Å². The zero-order chi connectivity index (χ0) is 17.3. The van der Waals surface area contributed by atoms with Gasteiger partial charge in [-0.2, -0.15) is 0 Å². The Bertz CT molecular complexity index is 986. The van der Waals surface area contributed by atoms with Gasteiger partial charge < -0.3 is 9.73 Å². The third-order valence-corrected chi connectivity index (χ3v) is 4.11. The van der Waals surface area contributed by atoms with E-state index in [2.05, 4.69) is 5.32 Å². The van der Waals surface area contributed by atoms with Crippen molar-refractivity contribution in [3.63, 3.8) is 0 Å². The number of para-hydroxylation sites is 1. The highest BCUT2D eigenvalue weighted by molar-refractivity contribution is 6.06. The van der Waals surface area contributed by atoms with Crippen molar-refractivity contribution in [2.24, 2.45) is 0 Å².